The monoisotopic (exact) mass is 308 g/mol. The Bertz CT molecular complexity index is 441. The van der Waals surface area contributed by atoms with Crippen molar-refractivity contribution in [1.29, 1.82) is 0 Å². The minimum Gasteiger partial charge on any atom is -0.461 e. The summed E-state index contributed by atoms with van der Waals surface area (Å²) in [4.78, 5) is 12.1. The van der Waals surface area contributed by atoms with Crippen molar-refractivity contribution in [2.24, 2.45) is 0 Å². The fraction of sp³-hybridized carbons (Fsp3) is 0.611. The number of esters is 1. The quantitative estimate of drug-likeness (QED) is 0.574. The number of carbonyl (C=O) groups is 1. The zero-order valence-corrected chi connectivity index (χ0v) is 14.8. The SMILES string of the molecule is CC(C)(C)OC(CC(=O)OCc1ccccc1)C[N+](C)(C)C. The van der Waals surface area contributed by atoms with Gasteiger partial charge < -0.3 is 14.0 Å². The second-order valence-electron chi connectivity index (χ2n) is 7.68. The smallest absolute Gasteiger partial charge is 0.308 e. The van der Waals surface area contributed by atoms with Crippen molar-refractivity contribution in [3.8, 4) is 0 Å². The second kappa shape index (κ2) is 7.75. The Hall–Kier alpha value is -1.39. The van der Waals surface area contributed by atoms with Crippen LogP contribution in [0.25, 0.3) is 0 Å². The second-order valence-corrected chi connectivity index (χ2v) is 7.68. The number of hydrogen-bond acceptors (Lipinski definition) is 3. The van der Waals surface area contributed by atoms with Gasteiger partial charge >= 0.3 is 5.97 Å². The highest BCUT2D eigenvalue weighted by atomic mass is 16.5. The van der Waals surface area contributed by atoms with Crippen LogP contribution >= 0.6 is 0 Å². The van der Waals surface area contributed by atoms with Gasteiger partial charge in [0.05, 0.1) is 33.2 Å². The molecule has 0 N–H and O–H groups in total. The lowest BCUT2D eigenvalue weighted by molar-refractivity contribution is -0.873. The first-order valence-corrected chi connectivity index (χ1v) is 7.73. The zero-order valence-electron chi connectivity index (χ0n) is 14.8. The first-order valence-electron chi connectivity index (χ1n) is 7.73. The summed E-state index contributed by atoms with van der Waals surface area (Å²) in [5, 5.41) is 0. The van der Waals surface area contributed by atoms with E-state index in [1.807, 2.05) is 51.1 Å². The maximum atomic E-state index is 12.1. The van der Waals surface area contributed by atoms with Crippen LogP contribution in [0, 0.1) is 0 Å². The van der Waals surface area contributed by atoms with Gasteiger partial charge in [0, 0.05) is 0 Å². The van der Waals surface area contributed by atoms with E-state index in [9.17, 15) is 4.79 Å². The van der Waals surface area contributed by atoms with Crippen molar-refractivity contribution < 1.29 is 18.8 Å². The average Bonchev–Trinajstić information content (AvgIpc) is 2.33. The predicted molar refractivity (Wildman–Crippen MR) is 88.4 cm³/mol. The van der Waals surface area contributed by atoms with Gasteiger partial charge in [-0.05, 0) is 26.3 Å². The molecule has 4 nitrogen and oxygen atoms in total. The number of hydrogen-bond donors (Lipinski definition) is 0. The molecule has 0 radical (unpaired) electrons. The van der Waals surface area contributed by atoms with E-state index in [4.69, 9.17) is 9.47 Å². The van der Waals surface area contributed by atoms with Gasteiger partial charge in [-0.2, -0.15) is 0 Å². The number of ether oxygens (including phenoxy) is 2. The van der Waals surface area contributed by atoms with E-state index in [-0.39, 0.29) is 24.1 Å². The van der Waals surface area contributed by atoms with Crippen molar-refractivity contribution in [1.82, 2.24) is 0 Å². The topological polar surface area (TPSA) is 35.5 Å². The Morgan fingerprint density at radius 1 is 1.14 bits per heavy atom. The maximum Gasteiger partial charge on any atom is 0.308 e. The summed E-state index contributed by atoms with van der Waals surface area (Å²) in [7, 11) is 6.27. The summed E-state index contributed by atoms with van der Waals surface area (Å²) in [6.45, 7) is 7.09. The Morgan fingerprint density at radius 2 is 1.73 bits per heavy atom. The molecule has 1 rings (SSSR count). The molecule has 0 saturated heterocycles. The summed E-state index contributed by atoms with van der Waals surface area (Å²) in [6, 6.07) is 9.71. The number of benzene rings is 1. The summed E-state index contributed by atoms with van der Waals surface area (Å²) in [5.74, 6) is -0.216. The zero-order chi connectivity index (χ0) is 16.8. The molecule has 0 aromatic heterocycles. The van der Waals surface area contributed by atoms with E-state index in [2.05, 4.69) is 21.1 Å². The number of nitrogens with zero attached hydrogens (tertiary/aromatic N) is 1. The van der Waals surface area contributed by atoms with Crippen LogP contribution in [0.4, 0.5) is 0 Å². The third kappa shape index (κ3) is 8.80. The highest BCUT2D eigenvalue weighted by molar-refractivity contribution is 5.70. The molecular formula is C18H30NO3+. The average molecular weight is 308 g/mol. The number of quaternary nitrogens is 1. The Labute approximate surface area is 134 Å². The molecule has 0 heterocycles. The van der Waals surface area contributed by atoms with Crippen LogP contribution in [0.2, 0.25) is 0 Å². The lowest BCUT2D eigenvalue weighted by Gasteiger charge is -2.32. The van der Waals surface area contributed by atoms with Gasteiger partial charge in [0.2, 0.25) is 0 Å². The predicted octanol–water partition coefficient (Wildman–Crippen LogP) is 3.01. The summed E-state index contributed by atoms with van der Waals surface area (Å²) in [5.41, 5.74) is 0.718. The molecule has 1 atom stereocenters. The molecule has 0 spiro atoms. The molecule has 1 unspecified atom stereocenters. The summed E-state index contributed by atoms with van der Waals surface area (Å²) in [6.07, 6.45) is 0.128. The van der Waals surface area contributed by atoms with Crippen LogP contribution in [0.5, 0.6) is 0 Å². The number of likely N-dealkylation sites (N-methyl/N-ethyl adjacent to an activating group) is 1. The molecule has 22 heavy (non-hydrogen) atoms. The fourth-order valence-electron chi connectivity index (χ4n) is 2.24. The van der Waals surface area contributed by atoms with Crippen molar-refractivity contribution in [2.45, 2.75) is 45.5 Å². The minimum atomic E-state index is -0.278. The highest BCUT2D eigenvalue weighted by Crippen LogP contribution is 2.16. The van der Waals surface area contributed by atoms with Crippen molar-refractivity contribution in [3.05, 3.63) is 35.9 Å². The molecule has 0 aliphatic heterocycles. The first-order chi connectivity index (χ1) is 10.1. The van der Waals surface area contributed by atoms with E-state index >= 15 is 0 Å². The lowest BCUT2D eigenvalue weighted by atomic mass is 10.1. The molecule has 0 fully saturated rings. The number of rotatable bonds is 7. The fourth-order valence-corrected chi connectivity index (χ4v) is 2.24. The summed E-state index contributed by atoms with van der Waals surface area (Å²) < 4.78 is 12.1. The molecule has 0 aliphatic carbocycles. The standard InChI is InChI=1S/C18H30NO3/c1-18(2,3)22-16(13-19(4,5)6)12-17(20)21-14-15-10-8-7-9-11-15/h7-11,16H,12-14H2,1-6H3/q+1. The van der Waals surface area contributed by atoms with E-state index in [0.717, 1.165) is 16.6 Å². The molecule has 0 amide bonds. The van der Waals surface area contributed by atoms with Crippen molar-refractivity contribution in [3.63, 3.8) is 0 Å². The highest BCUT2D eigenvalue weighted by Gasteiger charge is 2.27. The van der Waals surface area contributed by atoms with Gasteiger partial charge in [-0.15, -0.1) is 0 Å². The van der Waals surface area contributed by atoms with Gasteiger partial charge in [0.25, 0.3) is 0 Å². The Morgan fingerprint density at radius 3 is 2.23 bits per heavy atom. The molecular weight excluding hydrogens is 278 g/mol. The molecule has 0 aliphatic rings. The van der Waals surface area contributed by atoms with E-state index in [1.54, 1.807) is 0 Å². The first kappa shape index (κ1) is 18.7. The molecule has 1 aromatic carbocycles. The van der Waals surface area contributed by atoms with E-state index in [1.165, 1.54) is 0 Å². The van der Waals surface area contributed by atoms with Gasteiger partial charge in [0.1, 0.15) is 19.3 Å². The Kier molecular flexibility index (Phi) is 6.57. The van der Waals surface area contributed by atoms with Gasteiger partial charge in [0.15, 0.2) is 0 Å². The normalized spacial score (nSPS) is 13.7. The van der Waals surface area contributed by atoms with Crippen LogP contribution < -0.4 is 0 Å². The van der Waals surface area contributed by atoms with Gasteiger partial charge in [-0.3, -0.25) is 4.79 Å². The molecule has 4 heteroatoms. The van der Waals surface area contributed by atoms with E-state index in [0.29, 0.717) is 6.61 Å². The minimum absolute atomic E-state index is 0.150. The molecule has 0 bridgehead atoms. The van der Waals surface area contributed by atoms with Crippen LogP contribution in [0.1, 0.15) is 32.8 Å². The van der Waals surface area contributed by atoms with Crippen LogP contribution in [-0.4, -0.2) is 49.8 Å². The summed E-state index contributed by atoms with van der Waals surface area (Å²) >= 11 is 0. The van der Waals surface area contributed by atoms with Crippen LogP contribution in [-0.2, 0) is 20.9 Å². The van der Waals surface area contributed by atoms with Gasteiger partial charge in [-0.1, -0.05) is 30.3 Å². The van der Waals surface area contributed by atoms with E-state index < -0.39 is 0 Å². The number of carbonyl (C=O) groups excluding carboxylic acids is 1. The molecule has 1 aromatic rings. The molecule has 124 valence electrons. The lowest BCUT2D eigenvalue weighted by Crippen LogP contribution is -2.45. The maximum absolute atomic E-state index is 12.1. The Balaban J connectivity index is 2.54. The van der Waals surface area contributed by atoms with Gasteiger partial charge in [-0.25, -0.2) is 0 Å². The van der Waals surface area contributed by atoms with Crippen molar-refractivity contribution >= 4 is 5.97 Å². The van der Waals surface area contributed by atoms with Crippen LogP contribution in [0.3, 0.4) is 0 Å². The third-order valence-corrected chi connectivity index (χ3v) is 2.91. The van der Waals surface area contributed by atoms with Crippen LogP contribution in [0.15, 0.2) is 30.3 Å². The van der Waals surface area contributed by atoms with Crippen molar-refractivity contribution in [2.75, 3.05) is 27.7 Å². The largest absolute Gasteiger partial charge is 0.461 e. The third-order valence-electron chi connectivity index (χ3n) is 2.91. The molecule has 0 saturated carbocycles.